The number of nitrogens with zero attached hydrogens (tertiary/aromatic N) is 6. The maximum atomic E-state index is 12.7. The van der Waals surface area contributed by atoms with Crippen LogP contribution in [0.4, 0.5) is 5.13 Å². The molecule has 0 spiro atoms. The number of carboxylic acids is 1. The Morgan fingerprint density at radius 3 is 2.71 bits per heavy atom. The smallest absolute Gasteiger partial charge is 0.549 e. The van der Waals surface area contributed by atoms with Crippen LogP contribution in [0.1, 0.15) is 19.5 Å². The number of aliphatic carboxylic acids is 1. The molecule has 2 saturated heterocycles. The van der Waals surface area contributed by atoms with Crippen molar-refractivity contribution in [2.24, 2.45) is 12.5 Å². The first kappa shape index (κ1) is 29.9. The molecule has 2 aliphatic rings. The van der Waals surface area contributed by atoms with Crippen molar-refractivity contribution in [2.45, 2.75) is 30.4 Å². The molecular formula is C18H23N8NaO4S4. The molecule has 0 aromatic carbocycles. The quantitative estimate of drug-likeness (QED) is 0.0997. The van der Waals surface area contributed by atoms with Crippen molar-refractivity contribution in [3.63, 3.8) is 0 Å². The van der Waals surface area contributed by atoms with E-state index in [1.54, 1.807) is 12.4 Å². The topological polar surface area (TPSA) is 172 Å². The molecule has 2 aliphatic heterocycles. The van der Waals surface area contributed by atoms with Gasteiger partial charge in [-0.25, -0.2) is 9.67 Å². The van der Waals surface area contributed by atoms with E-state index in [-0.39, 0.29) is 64.5 Å². The summed E-state index contributed by atoms with van der Waals surface area (Å²) < 4.78 is 1.44. The molecule has 4 rings (SSSR count). The van der Waals surface area contributed by atoms with Gasteiger partial charge in [0, 0.05) is 35.9 Å². The third-order valence-corrected chi connectivity index (χ3v) is 8.92. The van der Waals surface area contributed by atoms with Crippen molar-refractivity contribution in [3.8, 4) is 0 Å². The van der Waals surface area contributed by atoms with Crippen LogP contribution in [0.15, 0.2) is 15.9 Å². The molecule has 4 heterocycles. The number of hydrogen-bond acceptors (Lipinski definition) is 13. The van der Waals surface area contributed by atoms with E-state index in [1.807, 2.05) is 13.8 Å². The Bertz CT molecular complexity index is 1110. The molecule has 2 fully saturated rings. The number of thiazole rings is 1. The summed E-state index contributed by atoms with van der Waals surface area (Å²) in [6, 6.07) is -0.776. The van der Waals surface area contributed by atoms with Crippen molar-refractivity contribution in [1.82, 2.24) is 35.4 Å². The number of thioether (sulfide) groups is 2. The monoisotopic (exact) mass is 566 g/mol. The van der Waals surface area contributed by atoms with Crippen LogP contribution in [0.3, 0.4) is 0 Å². The fourth-order valence-electron chi connectivity index (χ4n) is 3.31. The van der Waals surface area contributed by atoms with Gasteiger partial charge in [-0.2, -0.15) is 12.6 Å². The van der Waals surface area contributed by atoms with Gasteiger partial charge in [-0.1, -0.05) is 25.6 Å². The summed E-state index contributed by atoms with van der Waals surface area (Å²) in [5.41, 5.74) is 4.91. The van der Waals surface area contributed by atoms with E-state index in [2.05, 4.69) is 38.5 Å². The standard InChI is InChI=1S/C16H18N8O4S4.C2H6.Na/c1-23-15(20-21-22-23)32-6-16(13(27)28)4-24-11(26)9(12(24)31-5-16)19-10(25)7(2-29)8-3-30-14(17)18-8;1-2;/h2-3,9,12,29H,4-6H2,1H3,(H2,17,18)(H,19,25)(H,27,28);1-2H3;/q;;+1/p-1/t9?,12-,16?;;/m1../s1. The van der Waals surface area contributed by atoms with E-state index in [0.717, 1.165) is 0 Å². The molecule has 2 aromatic rings. The number of rotatable bonds is 7. The molecule has 184 valence electrons. The summed E-state index contributed by atoms with van der Waals surface area (Å²) in [6.07, 6.45) is 0. The summed E-state index contributed by atoms with van der Waals surface area (Å²) in [5, 5.41) is 29.1. The number of nitrogens with one attached hydrogen (secondary N) is 1. The van der Waals surface area contributed by atoms with E-state index in [1.165, 1.54) is 49.9 Å². The van der Waals surface area contributed by atoms with Gasteiger partial charge >= 0.3 is 29.6 Å². The minimum Gasteiger partial charge on any atom is -0.549 e. The zero-order chi connectivity index (χ0) is 25.0. The van der Waals surface area contributed by atoms with Gasteiger partial charge in [0.25, 0.3) is 5.91 Å². The molecule has 0 saturated carbocycles. The van der Waals surface area contributed by atoms with Crippen LogP contribution in [0.2, 0.25) is 0 Å². The molecule has 0 aliphatic carbocycles. The average molecular weight is 567 g/mol. The van der Waals surface area contributed by atoms with Crippen molar-refractivity contribution in [1.29, 1.82) is 0 Å². The van der Waals surface area contributed by atoms with Gasteiger partial charge in [0.1, 0.15) is 11.4 Å². The molecular weight excluding hydrogens is 544 g/mol. The first-order chi connectivity index (χ1) is 16.3. The van der Waals surface area contributed by atoms with Crippen LogP contribution >= 0.6 is 47.5 Å². The van der Waals surface area contributed by atoms with Crippen LogP contribution in [-0.2, 0) is 21.4 Å². The van der Waals surface area contributed by atoms with Crippen LogP contribution in [0, 0.1) is 5.41 Å². The number of nitrogen functional groups attached to an aromatic ring is 1. The van der Waals surface area contributed by atoms with Gasteiger partial charge in [-0.05, 0) is 15.8 Å². The predicted octanol–water partition coefficient (Wildman–Crippen LogP) is -3.52. The van der Waals surface area contributed by atoms with Crippen molar-refractivity contribution >= 4 is 76.0 Å². The molecule has 0 bridgehead atoms. The minimum absolute atomic E-state index is 0. The van der Waals surface area contributed by atoms with Crippen molar-refractivity contribution in [3.05, 3.63) is 16.5 Å². The number of carboxylic acid groups (broad SMARTS) is 1. The number of nitrogens with two attached hydrogens (primary N) is 1. The van der Waals surface area contributed by atoms with Crippen molar-refractivity contribution < 1.29 is 49.0 Å². The zero-order valence-electron chi connectivity index (χ0n) is 19.5. The number of β-lactam (4-membered cyclic amide) rings is 1. The first-order valence-corrected chi connectivity index (χ1v) is 13.5. The number of fused-ring (bicyclic) bond motifs is 1. The number of aromatic nitrogens is 5. The number of carbonyl (C=O) groups is 3. The molecule has 2 amide bonds. The summed E-state index contributed by atoms with van der Waals surface area (Å²) in [6.45, 7) is 3.98. The number of tetrazole rings is 1. The number of aryl methyl sites for hydroxylation is 1. The number of amides is 2. The average Bonchev–Trinajstić information content (AvgIpc) is 3.45. The summed E-state index contributed by atoms with van der Waals surface area (Å²) >= 11 is 7.73. The Balaban J connectivity index is 0.00000140. The molecule has 0 radical (unpaired) electrons. The molecule has 17 heteroatoms. The Kier molecular flexibility index (Phi) is 10.9. The second kappa shape index (κ2) is 12.8. The van der Waals surface area contributed by atoms with E-state index in [0.29, 0.717) is 16.0 Å². The van der Waals surface area contributed by atoms with Crippen LogP contribution in [0.25, 0.3) is 5.57 Å². The van der Waals surface area contributed by atoms with Gasteiger partial charge < -0.3 is 25.9 Å². The summed E-state index contributed by atoms with van der Waals surface area (Å²) in [5.74, 6) is -1.75. The Labute approximate surface area is 241 Å². The number of hydrogen-bond donors (Lipinski definition) is 3. The van der Waals surface area contributed by atoms with Gasteiger partial charge in [-0.15, -0.1) is 28.2 Å². The molecule has 12 nitrogen and oxygen atoms in total. The maximum Gasteiger partial charge on any atom is 1.00 e. The maximum absolute atomic E-state index is 12.7. The third kappa shape index (κ3) is 6.17. The van der Waals surface area contributed by atoms with Gasteiger partial charge in [0.05, 0.1) is 17.2 Å². The predicted molar refractivity (Wildman–Crippen MR) is 132 cm³/mol. The van der Waals surface area contributed by atoms with Gasteiger partial charge in [-0.3, -0.25) is 9.59 Å². The Hall–Kier alpha value is -1.30. The Morgan fingerprint density at radius 1 is 1.46 bits per heavy atom. The SMILES string of the molecule is CC.Cn1nnnc1SCC1(C(=O)[O-])CS[C@@H]2C(NC(=O)C(=CS)c3csc(N)n3)C(=O)N2C1.[Na+]. The fourth-order valence-corrected chi connectivity index (χ4v) is 6.83. The van der Waals surface area contributed by atoms with E-state index in [4.69, 9.17) is 5.73 Å². The number of anilines is 1. The number of thiol groups is 1. The van der Waals surface area contributed by atoms with Crippen molar-refractivity contribution in [2.75, 3.05) is 23.8 Å². The van der Waals surface area contributed by atoms with Gasteiger partial charge in [0.2, 0.25) is 11.1 Å². The first-order valence-electron chi connectivity index (χ1n) is 10.1. The van der Waals surface area contributed by atoms with Crippen LogP contribution in [0.5, 0.6) is 0 Å². The van der Waals surface area contributed by atoms with Crippen LogP contribution in [-0.4, -0.2) is 77.3 Å². The zero-order valence-corrected chi connectivity index (χ0v) is 24.8. The van der Waals surface area contributed by atoms with E-state index < -0.39 is 23.3 Å². The summed E-state index contributed by atoms with van der Waals surface area (Å²) in [7, 11) is 1.65. The van der Waals surface area contributed by atoms with Gasteiger partial charge in [0.15, 0.2) is 5.13 Å². The molecule has 3 atom stereocenters. The molecule has 35 heavy (non-hydrogen) atoms. The second-order valence-electron chi connectivity index (χ2n) is 7.17. The Morgan fingerprint density at radius 2 is 2.17 bits per heavy atom. The molecule has 3 N–H and O–H groups in total. The fraction of sp³-hybridized carbons (Fsp3) is 0.500. The van der Waals surface area contributed by atoms with Crippen LogP contribution < -0.4 is 45.7 Å². The number of carbonyl (C=O) groups excluding carboxylic acids is 3. The minimum atomic E-state index is -1.27. The summed E-state index contributed by atoms with van der Waals surface area (Å²) in [4.78, 5) is 43.0. The largest absolute Gasteiger partial charge is 1.00 e. The molecule has 2 aromatic heterocycles. The van der Waals surface area contributed by atoms with E-state index in [9.17, 15) is 19.5 Å². The normalized spacial score (nSPS) is 23.3. The van der Waals surface area contributed by atoms with E-state index >= 15 is 0 Å². The third-order valence-electron chi connectivity index (χ3n) is 5.09. The molecule has 2 unspecified atom stereocenters. The second-order valence-corrected chi connectivity index (χ2v) is 10.4.